The lowest BCUT2D eigenvalue weighted by atomic mass is 10.2. The summed E-state index contributed by atoms with van der Waals surface area (Å²) in [5, 5.41) is 3.34. The molecule has 1 rings (SSSR count). The Morgan fingerprint density at radius 2 is 2.12 bits per heavy atom. The predicted octanol–water partition coefficient (Wildman–Crippen LogP) is 1.26. The van der Waals surface area contributed by atoms with Gasteiger partial charge in [0.2, 0.25) is 0 Å². The lowest BCUT2D eigenvalue weighted by Gasteiger charge is -2.22. The molecule has 1 fully saturated rings. The molecule has 4 nitrogen and oxygen atoms in total. The molecule has 0 aromatic rings. The van der Waals surface area contributed by atoms with Gasteiger partial charge in [0.25, 0.3) is 0 Å². The second-order valence-electron chi connectivity index (χ2n) is 4.73. The van der Waals surface area contributed by atoms with Crippen molar-refractivity contribution in [3.63, 3.8) is 0 Å². The summed E-state index contributed by atoms with van der Waals surface area (Å²) in [5.74, 6) is 0.398. The minimum absolute atomic E-state index is 0.0830. The molecule has 1 aliphatic carbocycles. The highest BCUT2D eigenvalue weighted by Crippen LogP contribution is 2.33. The fourth-order valence-electron chi connectivity index (χ4n) is 2.12. The van der Waals surface area contributed by atoms with Crippen molar-refractivity contribution in [2.24, 2.45) is 5.92 Å². The van der Waals surface area contributed by atoms with Crippen molar-refractivity contribution < 1.29 is 9.53 Å². The summed E-state index contributed by atoms with van der Waals surface area (Å²) in [6.07, 6.45) is 3.48. The number of methoxy groups -OCH3 is 1. The van der Waals surface area contributed by atoms with Crippen LogP contribution in [0, 0.1) is 5.92 Å². The van der Waals surface area contributed by atoms with E-state index in [4.69, 9.17) is 4.74 Å². The zero-order valence-electron chi connectivity index (χ0n) is 11.4. The van der Waals surface area contributed by atoms with Crippen molar-refractivity contribution in [1.82, 2.24) is 10.2 Å². The molecule has 100 valence electrons. The Labute approximate surface area is 105 Å². The van der Waals surface area contributed by atoms with Crippen LogP contribution in [0.15, 0.2) is 0 Å². The van der Waals surface area contributed by atoms with Crippen molar-refractivity contribution in [1.29, 1.82) is 0 Å². The molecular formula is C13H26N2O2. The van der Waals surface area contributed by atoms with E-state index in [9.17, 15) is 4.79 Å². The van der Waals surface area contributed by atoms with Crippen LogP contribution in [0.1, 0.15) is 33.1 Å². The van der Waals surface area contributed by atoms with Gasteiger partial charge < -0.3 is 15.0 Å². The van der Waals surface area contributed by atoms with E-state index in [0.29, 0.717) is 5.92 Å². The van der Waals surface area contributed by atoms with Crippen LogP contribution in [0.2, 0.25) is 0 Å². The minimum atomic E-state index is -0.106. The quantitative estimate of drug-likeness (QED) is 0.618. The minimum Gasteiger partial charge on any atom is -0.468 e. The third-order valence-corrected chi connectivity index (χ3v) is 3.33. The molecule has 17 heavy (non-hydrogen) atoms. The number of likely N-dealkylation sites (N-methyl/N-ethyl adjacent to an activating group) is 1. The zero-order chi connectivity index (χ0) is 12.7. The Hall–Kier alpha value is -0.610. The molecule has 1 unspecified atom stereocenters. The highest BCUT2D eigenvalue weighted by Gasteiger charge is 2.36. The maximum absolute atomic E-state index is 11.6. The molecule has 0 aliphatic heterocycles. The second kappa shape index (κ2) is 7.67. The van der Waals surface area contributed by atoms with Gasteiger partial charge in [0, 0.05) is 13.1 Å². The molecule has 0 radical (unpaired) electrons. The van der Waals surface area contributed by atoms with Gasteiger partial charge >= 0.3 is 5.97 Å². The molecule has 0 amide bonds. The van der Waals surface area contributed by atoms with Crippen molar-refractivity contribution in [2.45, 2.75) is 39.2 Å². The van der Waals surface area contributed by atoms with Crippen molar-refractivity contribution >= 4 is 5.97 Å². The van der Waals surface area contributed by atoms with E-state index >= 15 is 0 Å². The van der Waals surface area contributed by atoms with Crippen LogP contribution < -0.4 is 5.32 Å². The van der Waals surface area contributed by atoms with Crippen LogP contribution in [0.25, 0.3) is 0 Å². The number of rotatable bonds is 9. The van der Waals surface area contributed by atoms with Crippen LogP contribution in [0.3, 0.4) is 0 Å². The van der Waals surface area contributed by atoms with Crippen molar-refractivity contribution in [2.75, 3.05) is 33.3 Å². The van der Waals surface area contributed by atoms with Gasteiger partial charge in [-0.15, -0.1) is 0 Å². The molecule has 0 aromatic carbocycles. The van der Waals surface area contributed by atoms with Gasteiger partial charge in [-0.1, -0.05) is 13.8 Å². The van der Waals surface area contributed by atoms with E-state index in [1.807, 2.05) is 0 Å². The highest BCUT2D eigenvalue weighted by molar-refractivity contribution is 5.76. The average Bonchev–Trinajstić information content (AvgIpc) is 3.16. The fraction of sp³-hybridized carbons (Fsp3) is 0.923. The number of hydrogen-bond acceptors (Lipinski definition) is 4. The Morgan fingerprint density at radius 1 is 1.41 bits per heavy atom. The van der Waals surface area contributed by atoms with Gasteiger partial charge in [-0.3, -0.25) is 4.79 Å². The highest BCUT2D eigenvalue weighted by atomic mass is 16.5. The molecule has 0 aromatic heterocycles. The normalized spacial score (nSPS) is 17.2. The van der Waals surface area contributed by atoms with Gasteiger partial charge in [-0.2, -0.15) is 0 Å². The molecule has 0 spiro atoms. The van der Waals surface area contributed by atoms with Crippen molar-refractivity contribution in [3.8, 4) is 0 Å². The van der Waals surface area contributed by atoms with Crippen LogP contribution in [-0.2, 0) is 9.53 Å². The Morgan fingerprint density at radius 3 is 2.59 bits per heavy atom. The van der Waals surface area contributed by atoms with Gasteiger partial charge in [0.05, 0.1) is 7.11 Å². The zero-order valence-corrected chi connectivity index (χ0v) is 11.4. The van der Waals surface area contributed by atoms with Gasteiger partial charge in [0.1, 0.15) is 6.04 Å². The van der Waals surface area contributed by atoms with E-state index < -0.39 is 0 Å². The Bertz CT molecular complexity index is 229. The molecule has 4 heteroatoms. The summed E-state index contributed by atoms with van der Waals surface area (Å²) in [6.45, 7) is 8.44. The number of hydrogen-bond donors (Lipinski definition) is 1. The molecule has 0 heterocycles. The van der Waals surface area contributed by atoms with Crippen LogP contribution >= 0.6 is 0 Å². The lowest BCUT2D eigenvalue weighted by molar-refractivity contribution is -0.143. The molecule has 1 aliphatic rings. The van der Waals surface area contributed by atoms with Gasteiger partial charge in [-0.05, 0) is 38.3 Å². The first-order valence-electron chi connectivity index (χ1n) is 6.76. The van der Waals surface area contributed by atoms with E-state index in [2.05, 4.69) is 24.1 Å². The van der Waals surface area contributed by atoms with E-state index in [1.54, 1.807) is 0 Å². The monoisotopic (exact) mass is 242 g/mol. The summed E-state index contributed by atoms with van der Waals surface area (Å²) in [6, 6.07) is -0.0830. The number of ether oxygens (including phenoxy) is 1. The molecule has 0 saturated heterocycles. The van der Waals surface area contributed by atoms with Crippen LogP contribution in [0.5, 0.6) is 0 Å². The van der Waals surface area contributed by atoms with Crippen LogP contribution in [-0.4, -0.2) is 50.2 Å². The molecule has 1 atom stereocenters. The number of esters is 1. The topological polar surface area (TPSA) is 41.6 Å². The second-order valence-corrected chi connectivity index (χ2v) is 4.73. The van der Waals surface area contributed by atoms with Crippen molar-refractivity contribution in [3.05, 3.63) is 0 Å². The fourth-order valence-corrected chi connectivity index (χ4v) is 2.12. The summed E-state index contributed by atoms with van der Waals surface area (Å²) in [5.41, 5.74) is 0. The summed E-state index contributed by atoms with van der Waals surface area (Å²) < 4.78 is 4.83. The molecular weight excluding hydrogens is 216 g/mol. The van der Waals surface area contributed by atoms with Crippen LogP contribution in [0.4, 0.5) is 0 Å². The first kappa shape index (κ1) is 14.5. The average molecular weight is 242 g/mol. The SMILES string of the molecule is CCCN(CC)CCNC(C(=O)OC)C1CC1. The smallest absolute Gasteiger partial charge is 0.323 e. The number of nitrogens with one attached hydrogen (secondary N) is 1. The van der Waals surface area contributed by atoms with Gasteiger partial charge in [-0.25, -0.2) is 0 Å². The molecule has 0 bridgehead atoms. The largest absolute Gasteiger partial charge is 0.468 e. The third kappa shape index (κ3) is 5.04. The lowest BCUT2D eigenvalue weighted by Crippen LogP contribution is -2.43. The Kier molecular flexibility index (Phi) is 6.52. The summed E-state index contributed by atoms with van der Waals surface area (Å²) >= 11 is 0. The maximum atomic E-state index is 11.6. The van der Waals surface area contributed by atoms with Gasteiger partial charge in [0.15, 0.2) is 0 Å². The number of nitrogens with zero attached hydrogens (tertiary/aromatic N) is 1. The molecule has 1 saturated carbocycles. The predicted molar refractivity (Wildman–Crippen MR) is 68.9 cm³/mol. The first-order chi connectivity index (χ1) is 8.22. The maximum Gasteiger partial charge on any atom is 0.323 e. The summed E-state index contributed by atoms with van der Waals surface area (Å²) in [4.78, 5) is 14.0. The van der Waals surface area contributed by atoms with E-state index in [1.165, 1.54) is 13.5 Å². The Balaban J connectivity index is 2.24. The van der Waals surface area contributed by atoms with E-state index in [-0.39, 0.29) is 12.0 Å². The first-order valence-corrected chi connectivity index (χ1v) is 6.76. The van der Waals surface area contributed by atoms with E-state index in [0.717, 1.165) is 39.0 Å². The number of carbonyl (C=O) groups is 1. The number of carbonyl (C=O) groups excluding carboxylic acids is 1. The standard InChI is InChI=1S/C13H26N2O2/c1-4-9-15(5-2)10-8-14-12(11-6-7-11)13(16)17-3/h11-12,14H,4-10H2,1-3H3. The third-order valence-electron chi connectivity index (χ3n) is 3.33. The summed E-state index contributed by atoms with van der Waals surface area (Å²) in [7, 11) is 1.47. The molecule has 1 N–H and O–H groups in total.